The maximum absolute atomic E-state index is 13.3. The molecule has 0 saturated carbocycles. The molecule has 5 nitrogen and oxygen atoms in total. The second-order valence-corrected chi connectivity index (χ2v) is 7.59. The Morgan fingerprint density at radius 1 is 1.25 bits per heavy atom. The van der Waals surface area contributed by atoms with Crippen molar-refractivity contribution in [3.05, 3.63) is 77.5 Å². The van der Waals surface area contributed by atoms with Gasteiger partial charge in [0.2, 0.25) is 5.91 Å². The number of primary amides is 1. The molecule has 0 fully saturated rings. The highest BCUT2D eigenvalue weighted by Gasteiger charge is 2.35. The van der Waals surface area contributed by atoms with E-state index in [9.17, 15) is 9.59 Å². The SMILES string of the molecule is CC(C)CN1C=C2C=CC(/C=C/C(N)=O)C(=O)C2=C(c2ccccc2)C1CN. The van der Waals surface area contributed by atoms with Gasteiger partial charge in [-0.25, -0.2) is 0 Å². The largest absolute Gasteiger partial charge is 0.368 e. The van der Waals surface area contributed by atoms with Gasteiger partial charge in [0.05, 0.1) is 12.0 Å². The average molecular weight is 377 g/mol. The van der Waals surface area contributed by atoms with E-state index >= 15 is 0 Å². The summed E-state index contributed by atoms with van der Waals surface area (Å²) >= 11 is 0. The lowest BCUT2D eigenvalue weighted by molar-refractivity contribution is -0.116. The topological polar surface area (TPSA) is 89.4 Å². The van der Waals surface area contributed by atoms with E-state index in [-0.39, 0.29) is 11.8 Å². The zero-order valence-electron chi connectivity index (χ0n) is 16.3. The summed E-state index contributed by atoms with van der Waals surface area (Å²) in [6.07, 6.45) is 8.62. The van der Waals surface area contributed by atoms with Gasteiger partial charge < -0.3 is 16.4 Å². The Bertz CT molecular complexity index is 878. The first kappa shape index (κ1) is 19.8. The Hall–Kier alpha value is -2.92. The number of rotatable bonds is 6. The van der Waals surface area contributed by atoms with Crippen LogP contribution in [0.3, 0.4) is 0 Å². The lowest BCUT2D eigenvalue weighted by Gasteiger charge is -2.40. The van der Waals surface area contributed by atoms with Crippen molar-refractivity contribution < 1.29 is 9.59 Å². The average Bonchev–Trinajstić information content (AvgIpc) is 2.66. The van der Waals surface area contributed by atoms with Gasteiger partial charge in [-0.1, -0.05) is 62.4 Å². The summed E-state index contributed by atoms with van der Waals surface area (Å²) in [5.41, 5.74) is 14.9. The summed E-state index contributed by atoms with van der Waals surface area (Å²) in [6, 6.07) is 9.84. The maximum atomic E-state index is 13.3. The first-order chi connectivity index (χ1) is 13.4. The fourth-order valence-electron chi connectivity index (χ4n) is 3.84. The summed E-state index contributed by atoms with van der Waals surface area (Å²) in [6.45, 7) is 5.59. The summed E-state index contributed by atoms with van der Waals surface area (Å²) in [4.78, 5) is 26.7. The molecule has 1 aromatic carbocycles. The maximum Gasteiger partial charge on any atom is 0.241 e. The number of ketones is 1. The smallest absolute Gasteiger partial charge is 0.241 e. The Morgan fingerprint density at radius 3 is 2.57 bits per heavy atom. The predicted molar refractivity (Wildman–Crippen MR) is 112 cm³/mol. The van der Waals surface area contributed by atoms with Crippen LogP contribution in [0.4, 0.5) is 0 Å². The minimum atomic E-state index is -0.564. The molecule has 0 radical (unpaired) electrons. The zero-order chi connectivity index (χ0) is 20.3. The molecule has 0 saturated heterocycles. The number of amides is 1. The van der Waals surface area contributed by atoms with E-state index in [1.165, 1.54) is 6.08 Å². The van der Waals surface area contributed by atoms with Crippen LogP contribution in [0.15, 0.2) is 72.0 Å². The van der Waals surface area contributed by atoms with Crippen molar-refractivity contribution in [3.8, 4) is 0 Å². The van der Waals surface area contributed by atoms with E-state index in [1.54, 1.807) is 6.08 Å². The fraction of sp³-hybridized carbons (Fsp3) is 0.304. The summed E-state index contributed by atoms with van der Waals surface area (Å²) in [7, 11) is 0. The molecule has 1 amide bonds. The van der Waals surface area contributed by atoms with Crippen LogP contribution >= 0.6 is 0 Å². The third-order valence-electron chi connectivity index (χ3n) is 4.98. The number of Topliss-reactive ketones (excluding diaryl/α,β-unsaturated/α-hetero) is 1. The van der Waals surface area contributed by atoms with Crippen LogP contribution in [-0.4, -0.2) is 35.7 Å². The number of nitrogens with two attached hydrogens (primary N) is 2. The van der Waals surface area contributed by atoms with Gasteiger partial charge in [-0.15, -0.1) is 0 Å². The number of nitrogens with zero attached hydrogens (tertiary/aromatic N) is 1. The van der Waals surface area contributed by atoms with Crippen LogP contribution in [0, 0.1) is 11.8 Å². The molecule has 1 heterocycles. The third kappa shape index (κ3) is 3.99. The van der Waals surface area contributed by atoms with Crippen LogP contribution in [0.5, 0.6) is 0 Å². The van der Waals surface area contributed by atoms with Crippen LogP contribution in [0.25, 0.3) is 5.57 Å². The highest BCUT2D eigenvalue weighted by molar-refractivity contribution is 6.12. The number of benzene rings is 1. The summed E-state index contributed by atoms with van der Waals surface area (Å²) in [5, 5.41) is 0. The Balaban J connectivity index is 2.17. The van der Waals surface area contributed by atoms with Gasteiger partial charge in [0.25, 0.3) is 0 Å². The monoisotopic (exact) mass is 377 g/mol. The van der Waals surface area contributed by atoms with Gasteiger partial charge in [-0.05, 0) is 23.1 Å². The lowest BCUT2D eigenvalue weighted by atomic mass is 9.77. The highest BCUT2D eigenvalue weighted by Crippen LogP contribution is 2.39. The van der Waals surface area contributed by atoms with Crippen molar-refractivity contribution in [2.24, 2.45) is 23.3 Å². The van der Waals surface area contributed by atoms with E-state index in [0.29, 0.717) is 18.0 Å². The van der Waals surface area contributed by atoms with Crippen molar-refractivity contribution in [3.63, 3.8) is 0 Å². The van der Waals surface area contributed by atoms with Gasteiger partial charge in [-0.3, -0.25) is 9.59 Å². The third-order valence-corrected chi connectivity index (χ3v) is 4.98. The number of carbonyl (C=O) groups excluding carboxylic acids is 2. The van der Waals surface area contributed by atoms with Crippen LogP contribution in [-0.2, 0) is 9.59 Å². The fourth-order valence-corrected chi connectivity index (χ4v) is 3.84. The molecule has 1 aromatic rings. The summed E-state index contributed by atoms with van der Waals surface area (Å²) in [5.74, 6) is -0.647. The van der Waals surface area contributed by atoms with E-state index < -0.39 is 11.8 Å². The second-order valence-electron chi connectivity index (χ2n) is 7.59. The molecule has 146 valence electrons. The minimum absolute atomic E-state index is 0.0345. The molecule has 4 N–H and O–H groups in total. The van der Waals surface area contributed by atoms with Gasteiger partial charge in [0.15, 0.2) is 5.78 Å². The zero-order valence-corrected chi connectivity index (χ0v) is 16.3. The van der Waals surface area contributed by atoms with Crippen LogP contribution in [0.2, 0.25) is 0 Å². The van der Waals surface area contributed by atoms with Gasteiger partial charge >= 0.3 is 0 Å². The number of fused-ring (bicyclic) bond motifs is 1. The van der Waals surface area contributed by atoms with E-state index in [2.05, 4.69) is 18.7 Å². The number of allylic oxidation sites excluding steroid dienone is 5. The van der Waals surface area contributed by atoms with E-state index in [1.807, 2.05) is 48.7 Å². The quantitative estimate of drug-likeness (QED) is 0.745. The van der Waals surface area contributed by atoms with Crippen LogP contribution in [0.1, 0.15) is 19.4 Å². The van der Waals surface area contributed by atoms with Gasteiger partial charge in [-0.2, -0.15) is 0 Å². The molecule has 5 heteroatoms. The van der Waals surface area contributed by atoms with Crippen molar-refractivity contribution >= 4 is 17.3 Å². The molecule has 0 aromatic heterocycles. The van der Waals surface area contributed by atoms with Crippen molar-refractivity contribution in [1.82, 2.24) is 4.90 Å². The molecule has 3 rings (SSSR count). The van der Waals surface area contributed by atoms with Crippen molar-refractivity contribution in [1.29, 1.82) is 0 Å². The molecule has 1 aliphatic heterocycles. The molecule has 2 unspecified atom stereocenters. The first-order valence-electron chi connectivity index (χ1n) is 9.60. The standard InChI is InChI=1S/C23H27N3O2/c1-15(2)13-26-14-18-9-8-17(10-11-20(25)27)23(28)22(18)21(19(26)12-24)16-6-4-3-5-7-16/h3-11,14-15,17,19H,12-13,24H2,1-2H3,(H2,25,27)/b11-10+. The number of hydrogen-bond acceptors (Lipinski definition) is 4. The predicted octanol–water partition coefficient (Wildman–Crippen LogP) is 2.42. The molecule has 2 atom stereocenters. The molecule has 28 heavy (non-hydrogen) atoms. The number of hydrogen-bond donors (Lipinski definition) is 2. The normalized spacial score (nSPS) is 22.1. The van der Waals surface area contributed by atoms with Crippen molar-refractivity contribution in [2.75, 3.05) is 13.1 Å². The molecule has 0 bridgehead atoms. The van der Waals surface area contributed by atoms with Gasteiger partial charge in [0.1, 0.15) is 0 Å². The number of carbonyl (C=O) groups is 2. The van der Waals surface area contributed by atoms with E-state index in [0.717, 1.165) is 23.3 Å². The molecule has 0 spiro atoms. The van der Waals surface area contributed by atoms with E-state index in [4.69, 9.17) is 11.5 Å². The Morgan fingerprint density at radius 2 is 1.96 bits per heavy atom. The Kier molecular flexibility index (Phi) is 5.95. The lowest BCUT2D eigenvalue weighted by Crippen LogP contribution is -2.44. The molecular weight excluding hydrogens is 350 g/mol. The van der Waals surface area contributed by atoms with Gasteiger partial charge in [0, 0.05) is 30.4 Å². The molecule has 2 aliphatic rings. The minimum Gasteiger partial charge on any atom is -0.368 e. The summed E-state index contributed by atoms with van der Waals surface area (Å²) < 4.78 is 0. The van der Waals surface area contributed by atoms with Crippen LogP contribution < -0.4 is 11.5 Å². The Labute approximate surface area is 166 Å². The highest BCUT2D eigenvalue weighted by atomic mass is 16.1. The second kappa shape index (κ2) is 8.40. The molecular formula is C23H27N3O2. The van der Waals surface area contributed by atoms with Crippen molar-refractivity contribution in [2.45, 2.75) is 19.9 Å². The molecule has 1 aliphatic carbocycles. The first-order valence-corrected chi connectivity index (χ1v) is 9.60.